The number of aromatic nitrogens is 3. The van der Waals surface area contributed by atoms with Gasteiger partial charge in [0.05, 0.1) is 12.2 Å². The Balaban J connectivity index is 1.45. The van der Waals surface area contributed by atoms with E-state index < -0.39 is 0 Å². The zero-order valence-electron chi connectivity index (χ0n) is 14.3. The number of imidazole rings is 1. The van der Waals surface area contributed by atoms with Crippen molar-refractivity contribution < 1.29 is 4.79 Å². The maximum absolute atomic E-state index is 12.7. The summed E-state index contributed by atoms with van der Waals surface area (Å²) in [7, 11) is 1.91. The molecule has 2 aromatic heterocycles. The molecule has 1 fully saturated rings. The van der Waals surface area contributed by atoms with Crippen LogP contribution in [0.5, 0.6) is 0 Å². The number of carbonyl (C=O) groups excluding carboxylic acids is 1. The van der Waals surface area contributed by atoms with Crippen LogP contribution >= 0.6 is 0 Å². The molecule has 0 saturated carbocycles. The van der Waals surface area contributed by atoms with Crippen LogP contribution in [0.1, 0.15) is 41.3 Å². The maximum Gasteiger partial charge on any atom is 0.270 e. The Hall–Kier alpha value is -2.08. The van der Waals surface area contributed by atoms with Crippen LogP contribution in [0.15, 0.2) is 24.5 Å². The molecule has 0 radical (unpaired) electrons. The Morgan fingerprint density at radius 3 is 2.75 bits per heavy atom. The molecule has 0 aromatic carbocycles. The van der Waals surface area contributed by atoms with Gasteiger partial charge in [-0.3, -0.25) is 9.69 Å². The number of fused-ring (bicyclic) bond motifs is 1. The van der Waals surface area contributed by atoms with Gasteiger partial charge < -0.3 is 14.0 Å². The Morgan fingerprint density at radius 1 is 1.17 bits per heavy atom. The molecule has 2 aromatic rings. The highest BCUT2D eigenvalue weighted by atomic mass is 16.2. The van der Waals surface area contributed by atoms with Crippen LogP contribution in [0.25, 0.3) is 0 Å². The van der Waals surface area contributed by atoms with E-state index in [0.29, 0.717) is 6.54 Å². The molecule has 0 unspecified atom stereocenters. The van der Waals surface area contributed by atoms with Gasteiger partial charge in [0.15, 0.2) is 0 Å². The van der Waals surface area contributed by atoms with E-state index in [1.54, 1.807) is 0 Å². The van der Waals surface area contributed by atoms with Gasteiger partial charge in [-0.25, -0.2) is 4.98 Å². The van der Waals surface area contributed by atoms with Crippen molar-refractivity contribution in [2.24, 2.45) is 7.05 Å². The summed E-state index contributed by atoms with van der Waals surface area (Å²) in [6, 6.07) is 3.79. The van der Waals surface area contributed by atoms with Gasteiger partial charge in [-0.1, -0.05) is 6.42 Å². The summed E-state index contributed by atoms with van der Waals surface area (Å²) in [5, 5.41) is 0. The molecule has 0 aliphatic carbocycles. The minimum atomic E-state index is 0.0920. The summed E-state index contributed by atoms with van der Waals surface area (Å²) >= 11 is 0. The summed E-state index contributed by atoms with van der Waals surface area (Å²) in [5.41, 5.74) is 1.88. The van der Waals surface area contributed by atoms with Gasteiger partial charge in [-0.2, -0.15) is 0 Å². The molecule has 4 heterocycles. The molecule has 6 nitrogen and oxygen atoms in total. The van der Waals surface area contributed by atoms with Crippen molar-refractivity contribution in [2.75, 3.05) is 19.6 Å². The van der Waals surface area contributed by atoms with Crippen LogP contribution in [0, 0.1) is 0 Å². The number of likely N-dealkylation sites (tertiary alicyclic amines) is 1. The number of hydrogen-bond acceptors (Lipinski definition) is 3. The van der Waals surface area contributed by atoms with Gasteiger partial charge >= 0.3 is 0 Å². The number of carbonyl (C=O) groups is 1. The predicted molar refractivity (Wildman–Crippen MR) is 91.5 cm³/mol. The lowest BCUT2D eigenvalue weighted by atomic mass is 10.1. The quantitative estimate of drug-likeness (QED) is 0.864. The zero-order chi connectivity index (χ0) is 16.5. The second kappa shape index (κ2) is 6.43. The molecule has 0 atom stereocenters. The van der Waals surface area contributed by atoms with Gasteiger partial charge in [0.1, 0.15) is 11.5 Å². The summed E-state index contributed by atoms with van der Waals surface area (Å²) in [6.07, 6.45) is 8.04. The van der Waals surface area contributed by atoms with Gasteiger partial charge in [-0.05, 0) is 38.1 Å². The SMILES string of the molecule is Cn1cccc1C(=O)N1CCn2cc(CN3CCCCC3)nc2C1. The first-order chi connectivity index (χ1) is 11.7. The van der Waals surface area contributed by atoms with Crippen LogP contribution in [0.4, 0.5) is 0 Å². The summed E-state index contributed by atoms with van der Waals surface area (Å²) < 4.78 is 4.10. The standard InChI is InChI=1S/C18H25N5O/c1-20-7-5-6-16(20)18(24)23-11-10-22-13-15(19-17(22)14-23)12-21-8-3-2-4-9-21/h5-7,13H,2-4,8-12,14H2,1H3. The summed E-state index contributed by atoms with van der Waals surface area (Å²) in [4.78, 5) is 21.9. The second-order valence-electron chi connectivity index (χ2n) is 6.91. The lowest BCUT2D eigenvalue weighted by molar-refractivity contribution is 0.0698. The first-order valence-corrected chi connectivity index (χ1v) is 8.88. The molecule has 0 N–H and O–H groups in total. The number of nitrogens with zero attached hydrogens (tertiary/aromatic N) is 5. The average molecular weight is 327 g/mol. The highest BCUT2D eigenvalue weighted by Crippen LogP contribution is 2.18. The molecule has 4 rings (SSSR count). The van der Waals surface area contributed by atoms with Crippen LogP contribution in [-0.2, 0) is 26.7 Å². The number of rotatable bonds is 3. The number of piperidine rings is 1. The molecule has 128 valence electrons. The first-order valence-electron chi connectivity index (χ1n) is 8.88. The van der Waals surface area contributed by atoms with E-state index in [1.807, 2.05) is 34.8 Å². The molecular weight excluding hydrogens is 302 g/mol. The van der Waals surface area contributed by atoms with Crippen molar-refractivity contribution in [3.05, 3.63) is 41.7 Å². The van der Waals surface area contributed by atoms with E-state index in [4.69, 9.17) is 4.98 Å². The fraction of sp³-hybridized carbons (Fsp3) is 0.556. The normalized spacial score (nSPS) is 18.6. The third-order valence-corrected chi connectivity index (χ3v) is 5.14. The molecule has 24 heavy (non-hydrogen) atoms. The Labute approximate surface area is 142 Å². The summed E-state index contributed by atoms with van der Waals surface area (Å²) in [6.45, 7) is 5.48. The molecule has 1 saturated heterocycles. The molecule has 6 heteroatoms. The largest absolute Gasteiger partial charge is 0.347 e. The lowest BCUT2D eigenvalue weighted by Crippen LogP contribution is -2.38. The fourth-order valence-corrected chi connectivity index (χ4v) is 3.75. The number of hydrogen-bond donors (Lipinski definition) is 0. The average Bonchev–Trinajstić information content (AvgIpc) is 3.19. The molecule has 2 aliphatic heterocycles. The van der Waals surface area contributed by atoms with E-state index in [-0.39, 0.29) is 5.91 Å². The monoisotopic (exact) mass is 327 g/mol. The summed E-state index contributed by atoms with van der Waals surface area (Å²) in [5.74, 6) is 1.10. The lowest BCUT2D eigenvalue weighted by Gasteiger charge is -2.27. The van der Waals surface area contributed by atoms with E-state index in [1.165, 1.54) is 32.4 Å². The van der Waals surface area contributed by atoms with Gasteiger partial charge in [0.25, 0.3) is 5.91 Å². The highest BCUT2D eigenvalue weighted by Gasteiger charge is 2.25. The Bertz CT molecular complexity index is 726. The first kappa shape index (κ1) is 15.4. The minimum Gasteiger partial charge on any atom is -0.347 e. The number of amides is 1. The van der Waals surface area contributed by atoms with Gasteiger partial charge in [0, 0.05) is 39.1 Å². The predicted octanol–water partition coefficient (Wildman–Crippen LogP) is 1.86. The van der Waals surface area contributed by atoms with Crippen LogP contribution in [0.3, 0.4) is 0 Å². The van der Waals surface area contributed by atoms with Crippen LogP contribution in [-0.4, -0.2) is 49.5 Å². The van der Waals surface area contributed by atoms with Crippen LogP contribution < -0.4 is 0 Å². The van der Waals surface area contributed by atoms with E-state index >= 15 is 0 Å². The number of aryl methyl sites for hydroxylation is 1. The van der Waals surface area contributed by atoms with Crippen molar-refractivity contribution in [1.82, 2.24) is 23.9 Å². The Kier molecular flexibility index (Phi) is 4.14. The molecule has 2 aliphatic rings. The van der Waals surface area contributed by atoms with Crippen molar-refractivity contribution in [2.45, 2.75) is 38.9 Å². The highest BCUT2D eigenvalue weighted by molar-refractivity contribution is 5.92. The fourth-order valence-electron chi connectivity index (χ4n) is 3.75. The van der Waals surface area contributed by atoms with Crippen molar-refractivity contribution in [3.63, 3.8) is 0 Å². The van der Waals surface area contributed by atoms with Crippen LogP contribution in [0.2, 0.25) is 0 Å². The molecule has 0 spiro atoms. The molecule has 0 bridgehead atoms. The second-order valence-corrected chi connectivity index (χ2v) is 6.91. The topological polar surface area (TPSA) is 46.3 Å². The van der Waals surface area contributed by atoms with Gasteiger partial charge in [-0.15, -0.1) is 0 Å². The third kappa shape index (κ3) is 2.98. The van der Waals surface area contributed by atoms with Gasteiger partial charge in [0.2, 0.25) is 0 Å². The minimum absolute atomic E-state index is 0.0920. The maximum atomic E-state index is 12.7. The van der Waals surface area contributed by atoms with E-state index in [9.17, 15) is 4.79 Å². The third-order valence-electron chi connectivity index (χ3n) is 5.14. The van der Waals surface area contributed by atoms with Crippen molar-refractivity contribution in [1.29, 1.82) is 0 Å². The Morgan fingerprint density at radius 2 is 2.00 bits per heavy atom. The van der Waals surface area contributed by atoms with Crippen molar-refractivity contribution in [3.8, 4) is 0 Å². The van der Waals surface area contributed by atoms with E-state index in [2.05, 4.69) is 15.7 Å². The smallest absolute Gasteiger partial charge is 0.270 e. The van der Waals surface area contributed by atoms with Crippen molar-refractivity contribution >= 4 is 5.91 Å². The molecule has 1 amide bonds. The zero-order valence-corrected chi connectivity index (χ0v) is 14.3. The molecular formula is C18H25N5O. The van der Waals surface area contributed by atoms with E-state index in [0.717, 1.165) is 36.8 Å².